The van der Waals surface area contributed by atoms with Crippen LogP contribution in [0.2, 0.25) is 0 Å². The fraction of sp³-hybridized carbons (Fsp3) is 0.148. The molecule has 1 N–H and O–H groups in total. The van der Waals surface area contributed by atoms with Gasteiger partial charge in [-0.15, -0.1) is 0 Å². The molecule has 33 heavy (non-hydrogen) atoms. The highest BCUT2D eigenvalue weighted by Crippen LogP contribution is 2.31. The number of carbonyl (C=O) groups excluding carboxylic acids is 1. The molecule has 4 aromatic rings. The number of aryl methyl sites for hydroxylation is 1. The van der Waals surface area contributed by atoms with Gasteiger partial charge in [-0.2, -0.15) is 0 Å². The second-order valence-electron chi connectivity index (χ2n) is 7.68. The molecule has 3 aromatic carbocycles. The first-order chi connectivity index (χ1) is 16.0. The van der Waals surface area contributed by atoms with Gasteiger partial charge < -0.3 is 14.8 Å². The molecular weight excluding hydrogens is 414 g/mol. The first kappa shape index (κ1) is 22.0. The normalized spacial score (nSPS) is 11.5. The van der Waals surface area contributed by atoms with Crippen molar-refractivity contribution in [3.8, 4) is 28.6 Å². The largest absolute Gasteiger partial charge is 0.493 e. The van der Waals surface area contributed by atoms with Crippen molar-refractivity contribution >= 4 is 5.91 Å². The Kier molecular flexibility index (Phi) is 6.64. The number of benzene rings is 3. The van der Waals surface area contributed by atoms with Crippen molar-refractivity contribution in [2.24, 2.45) is 0 Å². The number of nitrogens with zero attached hydrogens (tertiary/aromatic N) is 2. The minimum atomic E-state index is -0.127. The number of carbonyl (C=O) groups is 1. The summed E-state index contributed by atoms with van der Waals surface area (Å²) in [6, 6.07) is 24.5. The molecule has 0 saturated heterocycles. The zero-order valence-corrected chi connectivity index (χ0v) is 18.8. The lowest BCUT2D eigenvalue weighted by Crippen LogP contribution is -2.26. The van der Waals surface area contributed by atoms with Gasteiger partial charge in [0.05, 0.1) is 18.8 Å². The molecule has 6 heteroatoms. The van der Waals surface area contributed by atoms with Crippen molar-refractivity contribution in [1.29, 1.82) is 0 Å². The average molecular weight is 440 g/mol. The van der Waals surface area contributed by atoms with E-state index in [2.05, 4.69) is 15.3 Å². The number of hydrogen-bond acceptors (Lipinski definition) is 5. The van der Waals surface area contributed by atoms with E-state index in [1.807, 2.05) is 74.5 Å². The predicted octanol–water partition coefficient (Wildman–Crippen LogP) is 5.74. The van der Waals surface area contributed by atoms with E-state index in [9.17, 15) is 4.79 Å². The Hall–Kier alpha value is -4.19. The fourth-order valence-electron chi connectivity index (χ4n) is 3.38. The lowest BCUT2D eigenvalue weighted by Gasteiger charge is -2.15. The third-order valence-electron chi connectivity index (χ3n) is 5.29. The van der Waals surface area contributed by atoms with Gasteiger partial charge >= 0.3 is 0 Å². The summed E-state index contributed by atoms with van der Waals surface area (Å²) in [6.45, 7) is 4.01. The number of rotatable bonds is 7. The Balaban J connectivity index is 1.46. The minimum Gasteiger partial charge on any atom is -0.493 e. The van der Waals surface area contributed by atoms with Gasteiger partial charge in [0, 0.05) is 17.2 Å². The van der Waals surface area contributed by atoms with Gasteiger partial charge in [-0.25, -0.2) is 9.97 Å². The van der Waals surface area contributed by atoms with Gasteiger partial charge in [-0.1, -0.05) is 54.1 Å². The number of nitrogens with one attached hydrogen (secondary N) is 1. The average Bonchev–Trinajstić information content (AvgIpc) is 2.85. The highest BCUT2D eigenvalue weighted by Gasteiger charge is 2.12. The molecule has 0 spiro atoms. The van der Waals surface area contributed by atoms with Crippen molar-refractivity contribution in [3.63, 3.8) is 0 Å². The number of hydrogen-bond donors (Lipinski definition) is 1. The van der Waals surface area contributed by atoms with E-state index in [1.54, 1.807) is 25.3 Å². The molecule has 1 amide bonds. The van der Waals surface area contributed by atoms with Gasteiger partial charge in [0.15, 0.2) is 11.5 Å². The Morgan fingerprint density at radius 2 is 1.61 bits per heavy atom. The summed E-state index contributed by atoms with van der Waals surface area (Å²) in [7, 11) is 1.59. The Morgan fingerprint density at radius 3 is 2.30 bits per heavy atom. The molecule has 0 aliphatic carbocycles. The molecule has 0 radical (unpaired) electrons. The van der Waals surface area contributed by atoms with Crippen LogP contribution in [0.25, 0.3) is 11.3 Å². The summed E-state index contributed by atoms with van der Waals surface area (Å²) >= 11 is 0. The molecule has 1 unspecified atom stereocenters. The summed E-state index contributed by atoms with van der Waals surface area (Å²) in [5.41, 5.74) is 4.38. The van der Waals surface area contributed by atoms with E-state index in [0.717, 1.165) is 11.1 Å². The zero-order chi connectivity index (χ0) is 23.2. The van der Waals surface area contributed by atoms with Crippen LogP contribution in [0.5, 0.6) is 17.4 Å². The predicted molar refractivity (Wildman–Crippen MR) is 128 cm³/mol. The smallest absolute Gasteiger partial charge is 0.251 e. The minimum absolute atomic E-state index is 0.0886. The third kappa shape index (κ3) is 5.36. The highest BCUT2D eigenvalue weighted by atomic mass is 16.5. The molecular formula is C27H25N3O3. The maximum absolute atomic E-state index is 12.7. The highest BCUT2D eigenvalue weighted by molar-refractivity contribution is 5.94. The fourth-order valence-corrected chi connectivity index (χ4v) is 3.38. The summed E-state index contributed by atoms with van der Waals surface area (Å²) in [4.78, 5) is 21.2. The van der Waals surface area contributed by atoms with Gasteiger partial charge in [-0.3, -0.25) is 4.79 Å². The lowest BCUT2D eigenvalue weighted by atomic mass is 10.1. The monoisotopic (exact) mass is 439 g/mol. The molecule has 0 aliphatic rings. The number of amides is 1. The maximum Gasteiger partial charge on any atom is 0.251 e. The van der Waals surface area contributed by atoms with E-state index < -0.39 is 0 Å². The molecule has 1 atom stereocenters. The molecule has 4 rings (SSSR count). The summed E-state index contributed by atoms with van der Waals surface area (Å²) in [5, 5.41) is 3.04. The van der Waals surface area contributed by atoms with E-state index in [-0.39, 0.29) is 11.9 Å². The topological polar surface area (TPSA) is 73.3 Å². The van der Waals surface area contributed by atoms with Crippen LogP contribution in [0.4, 0.5) is 0 Å². The molecule has 1 aromatic heterocycles. The van der Waals surface area contributed by atoms with Crippen LogP contribution in [-0.2, 0) is 0 Å². The maximum atomic E-state index is 12.7. The number of methoxy groups -OCH3 is 1. The van der Waals surface area contributed by atoms with Crippen molar-refractivity contribution in [3.05, 3.63) is 102 Å². The quantitative estimate of drug-likeness (QED) is 0.397. The van der Waals surface area contributed by atoms with E-state index >= 15 is 0 Å². The van der Waals surface area contributed by atoms with Crippen molar-refractivity contribution < 1.29 is 14.3 Å². The Bertz CT molecular complexity index is 1240. The molecule has 0 saturated carbocycles. The van der Waals surface area contributed by atoms with Crippen LogP contribution in [0, 0.1) is 6.92 Å². The van der Waals surface area contributed by atoms with Gasteiger partial charge in [0.25, 0.3) is 5.91 Å². The molecule has 0 fully saturated rings. The van der Waals surface area contributed by atoms with Gasteiger partial charge in [0.1, 0.15) is 6.33 Å². The second kappa shape index (κ2) is 9.96. The Labute approximate surface area is 193 Å². The first-order valence-electron chi connectivity index (χ1n) is 10.6. The summed E-state index contributed by atoms with van der Waals surface area (Å²) < 4.78 is 11.2. The number of aromatic nitrogens is 2. The number of para-hydroxylation sites is 2. The lowest BCUT2D eigenvalue weighted by molar-refractivity contribution is 0.0940. The van der Waals surface area contributed by atoms with Crippen molar-refractivity contribution in [1.82, 2.24) is 15.3 Å². The molecule has 0 bridgehead atoms. The van der Waals surface area contributed by atoms with Crippen LogP contribution in [-0.4, -0.2) is 23.0 Å². The van der Waals surface area contributed by atoms with Crippen LogP contribution in [0.15, 0.2) is 85.2 Å². The van der Waals surface area contributed by atoms with Gasteiger partial charge in [-0.05, 0) is 43.7 Å². The van der Waals surface area contributed by atoms with Crippen molar-refractivity contribution in [2.45, 2.75) is 19.9 Å². The van der Waals surface area contributed by atoms with Crippen LogP contribution < -0.4 is 14.8 Å². The summed E-state index contributed by atoms with van der Waals surface area (Å²) in [6.07, 6.45) is 1.45. The first-order valence-corrected chi connectivity index (χ1v) is 10.6. The van der Waals surface area contributed by atoms with Gasteiger partial charge in [0.2, 0.25) is 5.88 Å². The van der Waals surface area contributed by atoms with Crippen LogP contribution in [0.1, 0.15) is 34.5 Å². The standard InChI is InChI=1S/C27H25N3O3/c1-18-8-10-20(11-9-18)19(2)30-27(31)22-14-12-21(13-15-22)23-16-26(29-17-28-23)33-25-7-5-4-6-24(25)32-3/h4-17,19H,1-3H3,(H,30,31). The molecule has 166 valence electrons. The van der Waals surface area contributed by atoms with E-state index in [1.165, 1.54) is 11.9 Å². The molecule has 6 nitrogen and oxygen atoms in total. The SMILES string of the molecule is COc1ccccc1Oc1cc(-c2ccc(C(=O)NC(C)c3ccc(C)cc3)cc2)ncn1. The molecule has 1 heterocycles. The summed E-state index contributed by atoms with van der Waals surface area (Å²) in [5.74, 6) is 1.46. The van der Waals surface area contributed by atoms with Crippen LogP contribution >= 0.6 is 0 Å². The van der Waals surface area contributed by atoms with E-state index in [4.69, 9.17) is 9.47 Å². The van der Waals surface area contributed by atoms with Crippen molar-refractivity contribution in [2.75, 3.05) is 7.11 Å². The van der Waals surface area contributed by atoms with E-state index in [0.29, 0.717) is 28.6 Å². The second-order valence-corrected chi connectivity index (χ2v) is 7.68. The molecule has 0 aliphatic heterocycles. The van der Waals surface area contributed by atoms with Crippen LogP contribution in [0.3, 0.4) is 0 Å². The zero-order valence-electron chi connectivity index (χ0n) is 18.8. The third-order valence-corrected chi connectivity index (χ3v) is 5.29. The Morgan fingerprint density at radius 1 is 0.909 bits per heavy atom. The number of ether oxygens (including phenoxy) is 2.